The summed E-state index contributed by atoms with van der Waals surface area (Å²) in [5.41, 5.74) is 1.22. The summed E-state index contributed by atoms with van der Waals surface area (Å²) in [7, 11) is 0. The van der Waals surface area contributed by atoms with Crippen LogP contribution in [0.1, 0.15) is 38.8 Å². The number of halogens is 1. The van der Waals surface area contributed by atoms with Gasteiger partial charge in [-0.15, -0.1) is 0 Å². The van der Waals surface area contributed by atoms with Crippen molar-refractivity contribution in [1.82, 2.24) is 10.2 Å². The van der Waals surface area contributed by atoms with E-state index in [-0.39, 0.29) is 5.82 Å². The van der Waals surface area contributed by atoms with E-state index < -0.39 is 0 Å². The average Bonchev–Trinajstić information content (AvgIpc) is 2.37. The topological polar surface area (TPSA) is 15.3 Å². The molecule has 0 aromatic heterocycles. The standard InChI is InChI=1S/C15H23FN2/c1-4-15(13-5-7-14(16)8-6-13)18-10-11(2)17-9-12(18)3/h5-8,11-12,15,17H,4,9-10H2,1-3H3. The van der Waals surface area contributed by atoms with Gasteiger partial charge in [-0.25, -0.2) is 4.39 Å². The number of nitrogens with zero attached hydrogens (tertiary/aromatic N) is 1. The molecule has 0 spiro atoms. The van der Waals surface area contributed by atoms with E-state index in [1.54, 1.807) is 12.1 Å². The first-order valence-corrected chi connectivity index (χ1v) is 6.86. The molecule has 0 saturated carbocycles. The number of hydrogen-bond donors (Lipinski definition) is 1. The quantitative estimate of drug-likeness (QED) is 0.887. The molecule has 100 valence electrons. The molecule has 0 amide bonds. The molecule has 3 heteroatoms. The third-order valence-electron chi connectivity index (χ3n) is 3.85. The lowest BCUT2D eigenvalue weighted by Crippen LogP contribution is -2.55. The van der Waals surface area contributed by atoms with Crippen LogP contribution >= 0.6 is 0 Å². The molecule has 0 aliphatic carbocycles. The van der Waals surface area contributed by atoms with Crippen molar-refractivity contribution in [2.75, 3.05) is 13.1 Å². The first-order valence-electron chi connectivity index (χ1n) is 6.86. The maximum absolute atomic E-state index is 13.0. The average molecular weight is 250 g/mol. The van der Waals surface area contributed by atoms with Crippen molar-refractivity contribution < 1.29 is 4.39 Å². The molecule has 1 saturated heterocycles. The summed E-state index contributed by atoms with van der Waals surface area (Å²) in [5.74, 6) is -0.157. The smallest absolute Gasteiger partial charge is 0.123 e. The lowest BCUT2D eigenvalue weighted by atomic mass is 9.98. The van der Waals surface area contributed by atoms with Crippen LogP contribution in [0.25, 0.3) is 0 Å². The molecule has 1 aliphatic heterocycles. The zero-order chi connectivity index (χ0) is 13.1. The largest absolute Gasteiger partial charge is 0.311 e. The van der Waals surface area contributed by atoms with Crippen LogP contribution in [-0.4, -0.2) is 30.1 Å². The predicted octanol–water partition coefficient (Wildman–Crippen LogP) is 2.96. The van der Waals surface area contributed by atoms with Crippen molar-refractivity contribution in [2.24, 2.45) is 0 Å². The Kier molecular flexibility index (Phi) is 4.36. The van der Waals surface area contributed by atoms with Gasteiger partial charge in [0.2, 0.25) is 0 Å². The van der Waals surface area contributed by atoms with Gasteiger partial charge >= 0.3 is 0 Å². The van der Waals surface area contributed by atoms with E-state index in [1.807, 2.05) is 12.1 Å². The lowest BCUT2D eigenvalue weighted by molar-refractivity contribution is 0.0921. The highest BCUT2D eigenvalue weighted by atomic mass is 19.1. The molecule has 1 heterocycles. The number of piperazine rings is 1. The van der Waals surface area contributed by atoms with Gasteiger partial charge in [-0.1, -0.05) is 19.1 Å². The highest BCUT2D eigenvalue weighted by molar-refractivity contribution is 5.20. The molecule has 0 bridgehead atoms. The Bertz CT molecular complexity index is 377. The van der Waals surface area contributed by atoms with Gasteiger partial charge in [0.05, 0.1) is 0 Å². The molecule has 2 rings (SSSR count). The summed E-state index contributed by atoms with van der Waals surface area (Å²) >= 11 is 0. The maximum atomic E-state index is 13.0. The first kappa shape index (κ1) is 13.5. The van der Waals surface area contributed by atoms with Gasteiger partial charge in [0.15, 0.2) is 0 Å². The third-order valence-corrected chi connectivity index (χ3v) is 3.85. The zero-order valence-corrected chi connectivity index (χ0v) is 11.5. The Hall–Kier alpha value is -0.930. The Balaban J connectivity index is 2.19. The minimum Gasteiger partial charge on any atom is -0.311 e. The molecule has 0 radical (unpaired) electrons. The summed E-state index contributed by atoms with van der Waals surface area (Å²) in [5, 5.41) is 3.50. The lowest BCUT2D eigenvalue weighted by Gasteiger charge is -2.42. The Morgan fingerprint density at radius 3 is 2.61 bits per heavy atom. The number of benzene rings is 1. The number of rotatable bonds is 3. The first-order chi connectivity index (χ1) is 8.61. The van der Waals surface area contributed by atoms with Crippen LogP contribution in [-0.2, 0) is 0 Å². The molecular formula is C15H23FN2. The molecule has 2 nitrogen and oxygen atoms in total. The SMILES string of the molecule is CCC(c1ccc(F)cc1)N1CC(C)NCC1C. The van der Waals surface area contributed by atoms with E-state index in [0.29, 0.717) is 18.1 Å². The Morgan fingerprint density at radius 1 is 1.33 bits per heavy atom. The van der Waals surface area contributed by atoms with Gasteiger partial charge < -0.3 is 5.32 Å². The van der Waals surface area contributed by atoms with Gasteiger partial charge in [0.1, 0.15) is 5.82 Å². The predicted molar refractivity (Wildman–Crippen MR) is 73.1 cm³/mol. The van der Waals surface area contributed by atoms with Crippen LogP contribution < -0.4 is 5.32 Å². The molecule has 18 heavy (non-hydrogen) atoms. The number of nitrogens with one attached hydrogen (secondary N) is 1. The molecule has 1 aliphatic rings. The van der Waals surface area contributed by atoms with Crippen LogP contribution in [0.5, 0.6) is 0 Å². The molecule has 1 N–H and O–H groups in total. The summed E-state index contributed by atoms with van der Waals surface area (Å²) in [6, 6.07) is 8.41. The van der Waals surface area contributed by atoms with Gasteiger partial charge in [0.25, 0.3) is 0 Å². The monoisotopic (exact) mass is 250 g/mol. The van der Waals surface area contributed by atoms with Crippen LogP contribution in [0.15, 0.2) is 24.3 Å². The van der Waals surface area contributed by atoms with Crippen molar-refractivity contribution >= 4 is 0 Å². The molecule has 3 unspecified atom stereocenters. The molecule has 1 aromatic carbocycles. The van der Waals surface area contributed by atoms with Gasteiger partial charge in [-0.2, -0.15) is 0 Å². The molecule has 3 atom stereocenters. The van der Waals surface area contributed by atoms with Crippen molar-refractivity contribution in [3.63, 3.8) is 0 Å². The van der Waals surface area contributed by atoms with Crippen LogP contribution in [0.4, 0.5) is 4.39 Å². The summed E-state index contributed by atoms with van der Waals surface area (Å²) in [4.78, 5) is 2.54. The summed E-state index contributed by atoms with van der Waals surface area (Å²) in [6.07, 6.45) is 1.06. The Morgan fingerprint density at radius 2 is 2.00 bits per heavy atom. The van der Waals surface area contributed by atoms with Gasteiger partial charge in [0, 0.05) is 31.2 Å². The maximum Gasteiger partial charge on any atom is 0.123 e. The van der Waals surface area contributed by atoms with Crippen LogP contribution in [0, 0.1) is 5.82 Å². The van der Waals surface area contributed by atoms with Crippen molar-refractivity contribution in [3.8, 4) is 0 Å². The zero-order valence-electron chi connectivity index (χ0n) is 11.5. The fraction of sp³-hybridized carbons (Fsp3) is 0.600. The van der Waals surface area contributed by atoms with Crippen molar-refractivity contribution in [1.29, 1.82) is 0 Å². The third kappa shape index (κ3) is 2.90. The van der Waals surface area contributed by atoms with Gasteiger partial charge in [-0.3, -0.25) is 4.90 Å². The summed E-state index contributed by atoms with van der Waals surface area (Å²) in [6.45, 7) is 8.75. The van der Waals surface area contributed by atoms with Crippen molar-refractivity contribution in [2.45, 2.75) is 45.3 Å². The highest BCUT2D eigenvalue weighted by Crippen LogP contribution is 2.27. The second-order valence-electron chi connectivity index (χ2n) is 5.33. The minimum absolute atomic E-state index is 0.157. The fourth-order valence-corrected chi connectivity index (χ4v) is 2.83. The summed E-state index contributed by atoms with van der Waals surface area (Å²) < 4.78 is 13.0. The van der Waals surface area contributed by atoms with E-state index in [9.17, 15) is 4.39 Å². The molecule has 1 fully saturated rings. The van der Waals surface area contributed by atoms with E-state index in [1.165, 1.54) is 5.56 Å². The van der Waals surface area contributed by atoms with Gasteiger partial charge in [-0.05, 0) is 38.0 Å². The van der Waals surface area contributed by atoms with Crippen LogP contribution in [0.2, 0.25) is 0 Å². The molecule has 1 aromatic rings. The van der Waals surface area contributed by atoms with Crippen molar-refractivity contribution in [3.05, 3.63) is 35.6 Å². The van der Waals surface area contributed by atoms with E-state index in [4.69, 9.17) is 0 Å². The van der Waals surface area contributed by atoms with E-state index >= 15 is 0 Å². The fourth-order valence-electron chi connectivity index (χ4n) is 2.83. The van der Waals surface area contributed by atoms with E-state index in [2.05, 4.69) is 31.0 Å². The second kappa shape index (κ2) is 5.81. The normalized spacial score (nSPS) is 27.1. The van der Waals surface area contributed by atoms with Crippen LogP contribution in [0.3, 0.4) is 0 Å². The highest BCUT2D eigenvalue weighted by Gasteiger charge is 2.28. The van der Waals surface area contributed by atoms with E-state index in [0.717, 1.165) is 19.5 Å². The number of hydrogen-bond acceptors (Lipinski definition) is 2. The molecular weight excluding hydrogens is 227 g/mol. The Labute approximate surface area is 109 Å². The second-order valence-corrected chi connectivity index (χ2v) is 5.33. The minimum atomic E-state index is -0.157.